The molecule has 1 amide bonds. The minimum absolute atomic E-state index is 0.132. The molecule has 0 atom stereocenters. The maximum atomic E-state index is 11.7. The summed E-state index contributed by atoms with van der Waals surface area (Å²) in [5.74, 6) is 0.944. The van der Waals surface area contributed by atoms with Crippen molar-refractivity contribution in [2.75, 3.05) is 13.7 Å². The zero-order valence-electron chi connectivity index (χ0n) is 12.3. The van der Waals surface area contributed by atoms with Crippen molar-refractivity contribution < 1.29 is 19.4 Å². The van der Waals surface area contributed by atoms with Gasteiger partial charge in [0.25, 0.3) is 5.91 Å². The third-order valence-electron chi connectivity index (χ3n) is 2.77. The number of hydrogen-bond acceptors (Lipinski definition) is 5. The van der Waals surface area contributed by atoms with E-state index in [0.29, 0.717) is 21.5 Å². The average Bonchev–Trinajstić information content (AvgIpc) is 2.53. The maximum absolute atomic E-state index is 11.7. The monoisotopic (exact) mass is 378 g/mol. The van der Waals surface area contributed by atoms with Crippen molar-refractivity contribution in [1.29, 1.82) is 0 Å². The highest BCUT2D eigenvalue weighted by Gasteiger charge is 2.06. The molecule has 0 aromatic heterocycles. The van der Waals surface area contributed by atoms with Crippen molar-refractivity contribution in [2.45, 2.75) is 0 Å². The van der Waals surface area contributed by atoms with Gasteiger partial charge in [-0.15, -0.1) is 0 Å². The largest absolute Gasteiger partial charge is 0.508 e. The van der Waals surface area contributed by atoms with E-state index in [-0.39, 0.29) is 12.4 Å². The van der Waals surface area contributed by atoms with Gasteiger partial charge in [0.15, 0.2) is 6.61 Å². The SMILES string of the molecule is COc1ccc(OCC(=O)N/N=C\c2cccc(O)c2)c(Br)c1. The maximum Gasteiger partial charge on any atom is 0.277 e. The molecule has 2 aromatic carbocycles. The number of hydrogen-bond donors (Lipinski definition) is 2. The summed E-state index contributed by atoms with van der Waals surface area (Å²) in [7, 11) is 1.57. The Labute approximate surface area is 141 Å². The number of carbonyl (C=O) groups is 1. The van der Waals surface area contributed by atoms with Gasteiger partial charge < -0.3 is 14.6 Å². The minimum atomic E-state index is -0.399. The number of aromatic hydroxyl groups is 1. The van der Waals surface area contributed by atoms with Gasteiger partial charge in [0, 0.05) is 0 Å². The molecule has 2 aromatic rings. The molecular formula is C16H15BrN2O4. The quantitative estimate of drug-likeness (QED) is 0.598. The molecule has 0 aliphatic rings. The topological polar surface area (TPSA) is 80.2 Å². The summed E-state index contributed by atoms with van der Waals surface area (Å²) < 4.78 is 11.2. The van der Waals surface area contributed by atoms with Crippen LogP contribution in [0.3, 0.4) is 0 Å². The fraction of sp³-hybridized carbons (Fsp3) is 0.125. The molecule has 0 aliphatic carbocycles. The lowest BCUT2D eigenvalue weighted by atomic mass is 10.2. The zero-order chi connectivity index (χ0) is 16.7. The number of nitrogens with one attached hydrogen (secondary N) is 1. The van der Waals surface area contributed by atoms with Crippen LogP contribution in [0.1, 0.15) is 5.56 Å². The Bertz CT molecular complexity index is 719. The van der Waals surface area contributed by atoms with Crippen LogP contribution in [0.15, 0.2) is 52.0 Å². The van der Waals surface area contributed by atoms with Crippen LogP contribution in [-0.2, 0) is 4.79 Å². The predicted octanol–water partition coefficient (Wildman–Crippen LogP) is 2.69. The average molecular weight is 379 g/mol. The smallest absolute Gasteiger partial charge is 0.277 e. The molecular weight excluding hydrogens is 364 g/mol. The summed E-state index contributed by atoms with van der Waals surface area (Å²) in [6.45, 7) is -0.178. The summed E-state index contributed by atoms with van der Waals surface area (Å²) in [5.41, 5.74) is 3.02. The second kappa shape index (κ2) is 8.19. The molecule has 0 saturated heterocycles. The summed E-state index contributed by atoms with van der Waals surface area (Å²) in [5, 5.41) is 13.1. The Morgan fingerprint density at radius 1 is 1.35 bits per heavy atom. The van der Waals surface area contributed by atoms with E-state index in [1.165, 1.54) is 12.3 Å². The van der Waals surface area contributed by atoms with Crippen molar-refractivity contribution in [1.82, 2.24) is 5.43 Å². The Kier molecular flexibility index (Phi) is 5.99. The normalized spacial score (nSPS) is 10.5. The summed E-state index contributed by atoms with van der Waals surface area (Å²) in [6, 6.07) is 11.7. The second-order valence-electron chi connectivity index (χ2n) is 4.47. The summed E-state index contributed by atoms with van der Waals surface area (Å²) in [6.07, 6.45) is 1.43. The molecule has 120 valence electrons. The summed E-state index contributed by atoms with van der Waals surface area (Å²) in [4.78, 5) is 11.7. The zero-order valence-corrected chi connectivity index (χ0v) is 13.9. The number of nitrogens with zero attached hydrogens (tertiary/aromatic N) is 1. The third-order valence-corrected chi connectivity index (χ3v) is 3.39. The Hall–Kier alpha value is -2.54. The molecule has 0 radical (unpaired) electrons. The number of phenols is 1. The van der Waals surface area contributed by atoms with Crippen LogP contribution in [0.5, 0.6) is 17.2 Å². The van der Waals surface area contributed by atoms with Gasteiger partial charge in [0.05, 0.1) is 17.8 Å². The second-order valence-corrected chi connectivity index (χ2v) is 5.33. The number of rotatable bonds is 6. The highest BCUT2D eigenvalue weighted by atomic mass is 79.9. The summed E-state index contributed by atoms with van der Waals surface area (Å²) >= 11 is 3.34. The number of methoxy groups -OCH3 is 1. The lowest BCUT2D eigenvalue weighted by Gasteiger charge is -2.08. The number of halogens is 1. The van der Waals surface area contributed by atoms with Crippen molar-refractivity contribution >= 4 is 28.1 Å². The fourth-order valence-electron chi connectivity index (χ4n) is 1.69. The van der Waals surface area contributed by atoms with Crippen molar-refractivity contribution in [2.24, 2.45) is 5.10 Å². The van der Waals surface area contributed by atoms with E-state index in [4.69, 9.17) is 9.47 Å². The standard InChI is InChI=1S/C16H15BrN2O4/c1-22-13-5-6-15(14(17)8-13)23-10-16(21)19-18-9-11-3-2-4-12(20)7-11/h2-9,20H,10H2,1H3,(H,19,21)/b18-9-. The molecule has 0 heterocycles. The molecule has 23 heavy (non-hydrogen) atoms. The molecule has 7 heteroatoms. The van der Waals surface area contributed by atoms with Crippen molar-refractivity contribution in [3.05, 3.63) is 52.5 Å². The van der Waals surface area contributed by atoms with Gasteiger partial charge in [-0.3, -0.25) is 4.79 Å². The van der Waals surface area contributed by atoms with E-state index in [9.17, 15) is 9.90 Å². The molecule has 2 N–H and O–H groups in total. The van der Waals surface area contributed by atoms with E-state index in [1.807, 2.05) is 0 Å². The van der Waals surface area contributed by atoms with E-state index < -0.39 is 5.91 Å². The van der Waals surface area contributed by atoms with E-state index in [1.54, 1.807) is 43.5 Å². The van der Waals surface area contributed by atoms with Gasteiger partial charge in [-0.2, -0.15) is 5.10 Å². The lowest BCUT2D eigenvalue weighted by Crippen LogP contribution is -2.24. The number of benzene rings is 2. The number of ether oxygens (including phenoxy) is 2. The van der Waals surface area contributed by atoms with Crippen molar-refractivity contribution in [3.63, 3.8) is 0 Å². The minimum Gasteiger partial charge on any atom is -0.508 e. The van der Waals surface area contributed by atoms with Gasteiger partial charge in [0.1, 0.15) is 17.2 Å². The lowest BCUT2D eigenvalue weighted by molar-refractivity contribution is -0.123. The molecule has 0 spiro atoms. The molecule has 0 fully saturated rings. The molecule has 6 nitrogen and oxygen atoms in total. The first-order chi connectivity index (χ1) is 11.1. The third kappa shape index (κ3) is 5.30. The van der Waals surface area contributed by atoms with Crippen molar-refractivity contribution in [3.8, 4) is 17.2 Å². The number of phenolic OH excluding ortho intramolecular Hbond substituents is 1. The molecule has 0 aliphatic heterocycles. The van der Waals surface area contributed by atoms with Crippen LogP contribution in [0, 0.1) is 0 Å². The predicted molar refractivity (Wildman–Crippen MR) is 90.0 cm³/mol. The first kappa shape index (κ1) is 16.8. The van der Waals surface area contributed by atoms with Gasteiger partial charge in [-0.1, -0.05) is 12.1 Å². The number of hydrazone groups is 1. The van der Waals surface area contributed by atoms with Gasteiger partial charge >= 0.3 is 0 Å². The number of amides is 1. The highest BCUT2D eigenvalue weighted by molar-refractivity contribution is 9.10. The van der Waals surface area contributed by atoms with Gasteiger partial charge in [-0.05, 0) is 51.8 Å². The van der Waals surface area contributed by atoms with Crippen LogP contribution in [0.2, 0.25) is 0 Å². The molecule has 0 saturated carbocycles. The highest BCUT2D eigenvalue weighted by Crippen LogP contribution is 2.28. The van der Waals surface area contributed by atoms with E-state index in [2.05, 4.69) is 26.5 Å². The van der Waals surface area contributed by atoms with Crippen LogP contribution < -0.4 is 14.9 Å². The Morgan fingerprint density at radius 3 is 2.87 bits per heavy atom. The first-order valence-corrected chi connectivity index (χ1v) is 7.45. The van der Waals surface area contributed by atoms with E-state index >= 15 is 0 Å². The first-order valence-electron chi connectivity index (χ1n) is 6.66. The van der Waals surface area contributed by atoms with Crippen LogP contribution >= 0.6 is 15.9 Å². The Morgan fingerprint density at radius 2 is 2.17 bits per heavy atom. The molecule has 2 rings (SSSR count). The van der Waals surface area contributed by atoms with Crippen LogP contribution in [-0.4, -0.2) is 30.9 Å². The fourth-order valence-corrected chi connectivity index (χ4v) is 2.16. The molecule has 0 bridgehead atoms. The molecule has 0 unspecified atom stereocenters. The Balaban J connectivity index is 1.83. The van der Waals surface area contributed by atoms with E-state index in [0.717, 1.165) is 0 Å². The van der Waals surface area contributed by atoms with Crippen LogP contribution in [0.25, 0.3) is 0 Å². The van der Waals surface area contributed by atoms with Crippen LogP contribution in [0.4, 0.5) is 0 Å². The number of carbonyl (C=O) groups excluding carboxylic acids is 1. The van der Waals surface area contributed by atoms with Gasteiger partial charge in [0.2, 0.25) is 0 Å². The van der Waals surface area contributed by atoms with Gasteiger partial charge in [-0.25, -0.2) is 5.43 Å².